The van der Waals surface area contributed by atoms with Crippen LogP contribution in [-0.4, -0.2) is 11.6 Å². The second kappa shape index (κ2) is 20.9. The maximum Gasteiger partial charge on any atom is 0.163 e. The van der Waals surface area contributed by atoms with Gasteiger partial charge in [0.2, 0.25) is 0 Å². The summed E-state index contributed by atoms with van der Waals surface area (Å²) in [4.78, 5) is 26.4. The van der Waals surface area contributed by atoms with Gasteiger partial charge in [-0.05, 0) is 89.2 Å². The van der Waals surface area contributed by atoms with Gasteiger partial charge in [-0.15, -0.1) is 0 Å². The number of fused-ring (bicyclic) bond motifs is 1. The Bertz CT molecular complexity index is 2960. The Morgan fingerprint density at radius 3 is 1.79 bits per heavy atom. The van der Waals surface area contributed by atoms with Crippen LogP contribution in [0.5, 0.6) is 11.5 Å². The molecule has 1 heterocycles. The molecule has 0 radical (unpaired) electrons. The molecule has 1 aliphatic heterocycles. The molecule has 0 bridgehead atoms. The molecule has 2 aliphatic carbocycles. The molecule has 7 aromatic carbocycles. The van der Waals surface area contributed by atoms with Crippen molar-refractivity contribution in [2.75, 3.05) is 21.7 Å². The average molecular weight is 926 g/mol. The van der Waals surface area contributed by atoms with Crippen LogP contribution in [0, 0.1) is 0 Å². The van der Waals surface area contributed by atoms with Gasteiger partial charge in [0.1, 0.15) is 24.7 Å². The summed E-state index contributed by atoms with van der Waals surface area (Å²) in [6, 6.07) is 56.8. The van der Waals surface area contributed by atoms with E-state index >= 15 is 0 Å². The number of nitrogen functional groups attached to an aromatic ring is 1. The Kier molecular flexibility index (Phi) is 14.0. The fourth-order valence-corrected chi connectivity index (χ4v) is 9.55. The fraction of sp³-hybridized carbons (Fsp3) is 0.158. The van der Waals surface area contributed by atoms with Crippen molar-refractivity contribution in [3.8, 4) is 11.5 Å². The third-order valence-corrected chi connectivity index (χ3v) is 12.8. The third kappa shape index (κ3) is 10.9. The largest absolute Gasteiger partial charge is 0.489 e. The number of halogens is 2. The zero-order chi connectivity index (χ0) is 46.1. The standard InChI is InChI=1S/C32H26Cl2N2O2.C25H24N2O2/c33-22-14-15-24(25(34)18-22)32-31-28(35-26-11-5-6-12-27(26)36-32)16-21(17-29(31)37)23-10-4-7-13-30(23)38-19-20-8-2-1-3-9-20;26-23-11-5-6-12-24(23)27-20-14-19(15-21(28)16-20)22-10-4-7-13-25(22)29-17-18-8-2-1-3-9-18/h1-15,18,21,32,35-36H,16-17,19H2;1-13,16,19,27H,14-15,17,26H2. The number of carbonyl (C=O) groups is 2. The van der Waals surface area contributed by atoms with E-state index in [-0.39, 0.29) is 23.4 Å². The van der Waals surface area contributed by atoms with Crippen LogP contribution in [0.4, 0.5) is 22.7 Å². The minimum absolute atomic E-state index is 0.0210. The van der Waals surface area contributed by atoms with E-state index < -0.39 is 6.04 Å². The van der Waals surface area contributed by atoms with Gasteiger partial charge in [-0.25, -0.2) is 0 Å². The van der Waals surface area contributed by atoms with Gasteiger partial charge < -0.3 is 31.2 Å². The topological polar surface area (TPSA) is 115 Å². The first kappa shape index (κ1) is 44.9. The number of hydrogen-bond donors (Lipinski definition) is 4. The molecule has 0 saturated heterocycles. The van der Waals surface area contributed by atoms with Crippen LogP contribution in [-0.2, 0) is 22.8 Å². The van der Waals surface area contributed by atoms with Crippen molar-refractivity contribution in [3.63, 3.8) is 0 Å². The number of hydrogen-bond acceptors (Lipinski definition) is 8. The van der Waals surface area contributed by atoms with E-state index in [1.807, 2.05) is 158 Å². The normalized spacial score (nSPS) is 17.5. The van der Waals surface area contributed by atoms with Crippen molar-refractivity contribution in [1.29, 1.82) is 0 Å². The lowest BCUT2D eigenvalue weighted by Gasteiger charge is -2.31. The van der Waals surface area contributed by atoms with Gasteiger partial charge >= 0.3 is 0 Å². The summed E-state index contributed by atoms with van der Waals surface area (Å²) in [6.07, 6.45) is 3.94. The average Bonchev–Trinajstić information content (AvgIpc) is 3.51. The highest BCUT2D eigenvalue weighted by atomic mass is 35.5. The van der Waals surface area contributed by atoms with Crippen LogP contribution in [0.1, 0.15) is 71.4 Å². The second-order valence-corrected chi connectivity index (χ2v) is 17.8. The third-order valence-electron chi connectivity index (χ3n) is 12.3. The molecule has 3 aliphatic rings. The first-order valence-electron chi connectivity index (χ1n) is 22.5. The number of nitrogens with one attached hydrogen (secondary N) is 3. The van der Waals surface area contributed by atoms with Gasteiger partial charge in [0.15, 0.2) is 11.6 Å². The molecule has 0 fully saturated rings. The van der Waals surface area contributed by atoms with Crippen LogP contribution >= 0.6 is 23.2 Å². The predicted molar refractivity (Wildman–Crippen MR) is 271 cm³/mol. The molecule has 3 unspecified atom stereocenters. The molecule has 8 nitrogen and oxygen atoms in total. The van der Waals surface area contributed by atoms with E-state index in [9.17, 15) is 9.59 Å². The van der Waals surface area contributed by atoms with E-state index in [1.165, 1.54) is 0 Å². The lowest BCUT2D eigenvalue weighted by atomic mass is 9.78. The molecule has 3 atom stereocenters. The summed E-state index contributed by atoms with van der Waals surface area (Å²) >= 11 is 12.9. The number of benzene rings is 7. The highest BCUT2D eigenvalue weighted by Gasteiger charge is 2.37. The maximum absolute atomic E-state index is 13.9. The summed E-state index contributed by atoms with van der Waals surface area (Å²) in [5.74, 6) is 1.87. The molecular weight excluding hydrogens is 876 g/mol. The quantitative estimate of drug-likeness (QED) is 0.0949. The molecular formula is C57H50Cl2N4O4. The zero-order valence-electron chi connectivity index (χ0n) is 36.8. The molecule has 0 saturated carbocycles. The molecule has 7 aromatic rings. The smallest absolute Gasteiger partial charge is 0.163 e. The van der Waals surface area contributed by atoms with Crippen molar-refractivity contribution in [3.05, 3.63) is 237 Å². The maximum atomic E-state index is 13.9. The predicted octanol–water partition coefficient (Wildman–Crippen LogP) is 13.8. The fourth-order valence-electron chi connectivity index (χ4n) is 9.03. The van der Waals surface area contributed by atoms with Crippen molar-refractivity contribution in [2.24, 2.45) is 0 Å². The number of para-hydroxylation sites is 6. The lowest BCUT2D eigenvalue weighted by Crippen LogP contribution is -2.27. The summed E-state index contributed by atoms with van der Waals surface area (Å²) < 4.78 is 12.4. The van der Waals surface area contributed by atoms with E-state index in [4.69, 9.17) is 38.4 Å². The van der Waals surface area contributed by atoms with Gasteiger partial charge in [-0.2, -0.15) is 0 Å². The zero-order valence-corrected chi connectivity index (χ0v) is 38.3. The van der Waals surface area contributed by atoms with Crippen molar-refractivity contribution in [1.82, 2.24) is 0 Å². The minimum Gasteiger partial charge on any atom is -0.489 e. The van der Waals surface area contributed by atoms with E-state index in [0.717, 1.165) is 74.2 Å². The second-order valence-electron chi connectivity index (χ2n) is 16.9. The van der Waals surface area contributed by atoms with Crippen LogP contribution in [0.2, 0.25) is 10.0 Å². The Morgan fingerprint density at radius 2 is 1.15 bits per heavy atom. The number of ether oxygens (including phenoxy) is 2. The van der Waals surface area contributed by atoms with Gasteiger partial charge in [-0.1, -0.05) is 151 Å². The Labute approximate surface area is 401 Å². The van der Waals surface area contributed by atoms with Gasteiger partial charge in [-0.3, -0.25) is 9.59 Å². The Balaban J connectivity index is 0.000000174. The number of rotatable bonds is 11. The number of allylic oxidation sites excluding steroid dienone is 3. The number of Topliss-reactive ketones (excluding diaryl/α,β-unsaturated/α-hetero) is 1. The molecule has 0 aromatic heterocycles. The Hall–Kier alpha value is -7.26. The first-order chi connectivity index (χ1) is 32.8. The van der Waals surface area contributed by atoms with Crippen LogP contribution < -0.4 is 31.2 Å². The number of anilines is 4. The molecule has 10 heteroatoms. The number of nitrogens with two attached hydrogens (primary N) is 1. The van der Waals surface area contributed by atoms with Gasteiger partial charge in [0.05, 0.1) is 28.8 Å². The van der Waals surface area contributed by atoms with Crippen molar-refractivity contribution >= 4 is 57.5 Å². The number of carbonyl (C=O) groups excluding carboxylic acids is 2. The van der Waals surface area contributed by atoms with Gasteiger partial charge in [0, 0.05) is 57.8 Å². The Morgan fingerprint density at radius 1 is 0.582 bits per heavy atom. The van der Waals surface area contributed by atoms with Crippen LogP contribution in [0.3, 0.4) is 0 Å². The molecule has 336 valence electrons. The molecule has 0 amide bonds. The SMILES string of the molecule is Nc1ccccc1NC1=CC(=O)CC(c2ccccc2OCc2ccccc2)C1.O=C1CC(c2ccccc2OCc2ccccc2)CC2=C1C(c1ccc(Cl)cc1Cl)Nc1ccccc1N2. The van der Waals surface area contributed by atoms with Gasteiger partial charge in [0.25, 0.3) is 0 Å². The molecule has 67 heavy (non-hydrogen) atoms. The van der Waals surface area contributed by atoms with Crippen molar-refractivity contribution in [2.45, 2.75) is 56.8 Å². The van der Waals surface area contributed by atoms with E-state index in [1.54, 1.807) is 12.1 Å². The molecule has 0 spiro atoms. The molecule has 5 N–H and O–H groups in total. The monoisotopic (exact) mass is 924 g/mol. The summed E-state index contributed by atoms with van der Waals surface area (Å²) in [6.45, 7) is 0.971. The number of ketones is 2. The van der Waals surface area contributed by atoms with E-state index in [0.29, 0.717) is 53.8 Å². The minimum atomic E-state index is -0.399. The van der Waals surface area contributed by atoms with Crippen LogP contribution in [0.15, 0.2) is 199 Å². The molecule has 10 rings (SSSR count). The highest BCUT2D eigenvalue weighted by molar-refractivity contribution is 6.35. The summed E-state index contributed by atoms with van der Waals surface area (Å²) in [7, 11) is 0. The first-order valence-corrected chi connectivity index (χ1v) is 23.2. The van der Waals surface area contributed by atoms with Crippen LogP contribution in [0.25, 0.3) is 0 Å². The van der Waals surface area contributed by atoms with E-state index in [2.05, 4.69) is 28.1 Å². The summed E-state index contributed by atoms with van der Waals surface area (Å²) in [5, 5.41) is 11.6. The summed E-state index contributed by atoms with van der Waals surface area (Å²) in [5.41, 5.74) is 17.0. The lowest BCUT2D eigenvalue weighted by molar-refractivity contribution is -0.117. The highest BCUT2D eigenvalue weighted by Crippen LogP contribution is 2.47. The van der Waals surface area contributed by atoms with Crippen molar-refractivity contribution < 1.29 is 19.1 Å².